The summed E-state index contributed by atoms with van der Waals surface area (Å²) in [6, 6.07) is 0. The molecule has 0 spiro atoms. The first kappa shape index (κ1) is 12.6. The highest BCUT2D eigenvalue weighted by atomic mass is 16.1. The Morgan fingerprint density at radius 3 is 2.38 bits per heavy atom. The van der Waals surface area contributed by atoms with Crippen molar-refractivity contribution in [1.82, 2.24) is 0 Å². The molecule has 2 fully saturated rings. The lowest BCUT2D eigenvalue weighted by Gasteiger charge is -2.29. The summed E-state index contributed by atoms with van der Waals surface area (Å²) < 4.78 is 0. The minimum Gasteiger partial charge on any atom is -0.222 e. The van der Waals surface area contributed by atoms with Gasteiger partial charge < -0.3 is 0 Å². The summed E-state index contributed by atoms with van der Waals surface area (Å²) in [6.45, 7) is 6.85. The topological polar surface area (TPSA) is 70.3 Å². The minimum atomic E-state index is 0.220. The monoisotopic (exact) mass is 220 g/mol. The van der Waals surface area contributed by atoms with Crippen LogP contribution in [-0.4, -0.2) is 12.2 Å². The molecular weight excluding hydrogens is 204 g/mol. The molecule has 2 rings (SSSR count). The predicted molar refractivity (Wildman–Crippen MR) is 59.2 cm³/mol. The van der Waals surface area contributed by atoms with Crippen molar-refractivity contribution >= 4 is 12.2 Å². The van der Waals surface area contributed by atoms with E-state index in [4.69, 9.17) is 10.2 Å². The van der Waals surface area contributed by atoms with Gasteiger partial charge in [-0.1, -0.05) is 20.8 Å². The Kier molecular flexibility index (Phi) is 3.27. The fourth-order valence-corrected chi connectivity index (χ4v) is 2.72. The Hall–Kier alpha value is -1.50. The van der Waals surface area contributed by atoms with Crippen LogP contribution in [0.15, 0.2) is 16.8 Å². The van der Waals surface area contributed by atoms with Gasteiger partial charge in [0.1, 0.15) is 0 Å². The van der Waals surface area contributed by atoms with Gasteiger partial charge in [-0.25, -0.2) is 15.0 Å². The van der Waals surface area contributed by atoms with Gasteiger partial charge in [0.25, 0.3) is 0 Å². The Morgan fingerprint density at radius 2 is 2.00 bits per heavy atom. The summed E-state index contributed by atoms with van der Waals surface area (Å²) >= 11 is 0. The SMILES string of the molecule is CC1(C)C(=CN=C=O)CC2CC21C.N=C=O. The van der Waals surface area contributed by atoms with Crippen molar-refractivity contribution < 1.29 is 9.59 Å². The number of rotatable bonds is 1. The number of fused-ring (bicyclic) bond motifs is 1. The standard InChI is InChI=1S/C11H15NO.CHNO/c1-10(2)9(6-12-7-13)4-8-5-11(8,10)3;2-1-3/h6,8H,4-5H2,1-3H3;2H. The number of allylic oxidation sites excluding steroid dienone is 1. The first-order valence-electron chi connectivity index (χ1n) is 5.24. The van der Waals surface area contributed by atoms with Gasteiger partial charge in [-0.05, 0) is 35.2 Å². The third-order valence-electron chi connectivity index (χ3n) is 4.38. The van der Waals surface area contributed by atoms with E-state index in [0.717, 1.165) is 18.4 Å². The quantitative estimate of drug-likeness (QED) is 0.545. The Bertz CT molecular complexity index is 399. The molecule has 2 saturated carbocycles. The molecule has 2 unspecified atom stereocenters. The first-order valence-corrected chi connectivity index (χ1v) is 5.24. The van der Waals surface area contributed by atoms with Gasteiger partial charge in [-0.3, -0.25) is 0 Å². The molecule has 0 heterocycles. The summed E-state index contributed by atoms with van der Waals surface area (Å²) in [7, 11) is 0. The molecule has 16 heavy (non-hydrogen) atoms. The molecule has 0 bridgehead atoms. The molecule has 86 valence electrons. The van der Waals surface area contributed by atoms with E-state index in [1.165, 1.54) is 12.0 Å². The second kappa shape index (κ2) is 4.17. The highest BCUT2D eigenvalue weighted by molar-refractivity contribution is 5.38. The van der Waals surface area contributed by atoms with Gasteiger partial charge in [0.2, 0.25) is 12.2 Å². The summed E-state index contributed by atoms with van der Waals surface area (Å²) in [5, 5.41) is 5.40. The van der Waals surface area contributed by atoms with Crippen molar-refractivity contribution in [2.45, 2.75) is 33.6 Å². The van der Waals surface area contributed by atoms with E-state index in [1.807, 2.05) is 0 Å². The minimum absolute atomic E-state index is 0.220. The maximum absolute atomic E-state index is 10.0. The maximum atomic E-state index is 10.0. The Morgan fingerprint density at radius 1 is 1.44 bits per heavy atom. The maximum Gasteiger partial charge on any atom is 0.239 e. The van der Waals surface area contributed by atoms with E-state index < -0.39 is 0 Å². The normalized spacial score (nSPS) is 35.2. The first-order chi connectivity index (χ1) is 7.44. The molecule has 0 aromatic rings. The molecule has 0 aliphatic heterocycles. The van der Waals surface area contributed by atoms with Gasteiger partial charge in [0.05, 0.1) is 0 Å². The second-order valence-electron chi connectivity index (χ2n) is 5.12. The zero-order valence-electron chi connectivity index (χ0n) is 9.83. The highest BCUT2D eigenvalue weighted by Crippen LogP contribution is 2.73. The molecule has 0 aromatic carbocycles. The Balaban J connectivity index is 0.000000386. The smallest absolute Gasteiger partial charge is 0.222 e. The molecule has 2 aliphatic rings. The van der Waals surface area contributed by atoms with Crippen LogP contribution in [-0.2, 0) is 9.59 Å². The molecule has 0 radical (unpaired) electrons. The summed E-state index contributed by atoms with van der Waals surface area (Å²) in [5.74, 6) is 0.829. The van der Waals surface area contributed by atoms with Crippen LogP contribution in [0.5, 0.6) is 0 Å². The van der Waals surface area contributed by atoms with Crippen LogP contribution in [0.2, 0.25) is 0 Å². The van der Waals surface area contributed by atoms with Gasteiger partial charge >= 0.3 is 0 Å². The van der Waals surface area contributed by atoms with Gasteiger partial charge in [-0.15, -0.1) is 0 Å². The van der Waals surface area contributed by atoms with Gasteiger partial charge in [-0.2, -0.15) is 4.99 Å². The van der Waals surface area contributed by atoms with E-state index in [0.29, 0.717) is 5.41 Å². The van der Waals surface area contributed by atoms with Crippen molar-refractivity contribution in [1.29, 1.82) is 5.41 Å². The van der Waals surface area contributed by atoms with Crippen LogP contribution in [0.1, 0.15) is 33.6 Å². The summed E-state index contributed by atoms with van der Waals surface area (Å²) in [6.07, 6.45) is 6.49. The lowest BCUT2D eigenvalue weighted by atomic mass is 9.75. The van der Waals surface area contributed by atoms with Crippen molar-refractivity contribution in [2.24, 2.45) is 21.7 Å². The summed E-state index contributed by atoms with van der Waals surface area (Å²) in [4.78, 5) is 21.9. The second-order valence-corrected chi connectivity index (χ2v) is 5.12. The fraction of sp³-hybridized carbons (Fsp3) is 0.667. The number of hydrogen-bond donors (Lipinski definition) is 1. The molecular formula is C12H16N2O2. The van der Waals surface area contributed by atoms with Crippen molar-refractivity contribution in [3.05, 3.63) is 11.8 Å². The van der Waals surface area contributed by atoms with E-state index in [1.54, 1.807) is 12.3 Å². The molecule has 2 atom stereocenters. The van der Waals surface area contributed by atoms with Crippen molar-refractivity contribution in [3.8, 4) is 0 Å². The number of nitrogens with zero attached hydrogens (tertiary/aromatic N) is 1. The molecule has 4 heteroatoms. The average molecular weight is 220 g/mol. The van der Waals surface area contributed by atoms with E-state index in [2.05, 4.69) is 25.8 Å². The largest absolute Gasteiger partial charge is 0.239 e. The van der Waals surface area contributed by atoms with Crippen LogP contribution in [0.4, 0.5) is 0 Å². The number of aliphatic imine (C=N–C) groups is 1. The van der Waals surface area contributed by atoms with Crippen LogP contribution in [0, 0.1) is 22.2 Å². The van der Waals surface area contributed by atoms with Crippen LogP contribution >= 0.6 is 0 Å². The highest BCUT2D eigenvalue weighted by Gasteiger charge is 2.65. The Labute approximate surface area is 95.0 Å². The lowest BCUT2D eigenvalue weighted by Crippen LogP contribution is -2.21. The molecule has 0 aromatic heterocycles. The van der Waals surface area contributed by atoms with Crippen molar-refractivity contribution in [3.63, 3.8) is 0 Å². The lowest BCUT2D eigenvalue weighted by molar-refractivity contribution is 0.279. The third kappa shape index (κ3) is 1.78. The number of nitrogens with one attached hydrogen (secondary N) is 1. The third-order valence-corrected chi connectivity index (χ3v) is 4.38. The zero-order valence-corrected chi connectivity index (χ0v) is 9.83. The van der Waals surface area contributed by atoms with Gasteiger partial charge in [0, 0.05) is 6.20 Å². The van der Waals surface area contributed by atoms with Gasteiger partial charge in [0.15, 0.2) is 0 Å². The zero-order chi connectivity index (χ0) is 12.4. The van der Waals surface area contributed by atoms with Crippen LogP contribution in [0.25, 0.3) is 0 Å². The number of isocyanates is 2. The molecule has 4 nitrogen and oxygen atoms in total. The summed E-state index contributed by atoms with van der Waals surface area (Å²) in [5.41, 5.74) is 2.00. The number of carbonyl (C=O) groups excluding carboxylic acids is 2. The fourth-order valence-electron chi connectivity index (χ4n) is 2.72. The van der Waals surface area contributed by atoms with Crippen LogP contribution < -0.4 is 0 Å². The molecule has 0 amide bonds. The average Bonchev–Trinajstić information content (AvgIpc) is 2.82. The number of hydrogen-bond acceptors (Lipinski definition) is 4. The van der Waals surface area contributed by atoms with E-state index in [-0.39, 0.29) is 5.41 Å². The van der Waals surface area contributed by atoms with E-state index >= 15 is 0 Å². The molecule has 1 N–H and O–H groups in total. The molecule has 0 saturated heterocycles. The van der Waals surface area contributed by atoms with Crippen molar-refractivity contribution in [2.75, 3.05) is 0 Å². The van der Waals surface area contributed by atoms with E-state index in [9.17, 15) is 4.79 Å². The molecule has 2 aliphatic carbocycles. The van der Waals surface area contributed by atoms with Crippen LogP contribution in [0.3, 0.4) is 0 Å². The predicted octanol–water partition coefficient (Wildman–Crippen LogP) is 2.56.